The van der Waals surface area contributed by atoms with Gasteiger partial charge in [-0.15, -0.1) is 11.3 Å². The molecule has 1 aliphatic heterocycles. The van der Waals surface area contributed by atoms with Gasteiger partial charge < -0.3 is 4.74 Å². The third-order valence-corrected chi connectivity index (χ3v) is 1.98. The Kier molecular flexibility index (Phi) is 1.73. The molecule has 0 aromatic carbocycles. The highest BCUT2D eigenvalue weighted by Gasteiger charge is 2.10. The smallest absolute Gasteiger partial charge is 0.160 e. The normalized spacial score (nSPS) is 21.6. The summed E-state index contributed by atoms with van der Waals surface area (Å²) in [6, 6.07) is 0. The molecule has 2 heterocycles. The van der Waals surface area contributed by atoms with Crippen molar-refractivity contribution in [2.75, 3.05) is 0 Å². The maximum Gasteiger partial charge on any atom is 0.160 e. The van der Waals surface area contributed by atoms with Crippen molar-refractivity contribution in [3.8, 4) is 0 Å². The zero-order valence-electron chi connectivity index (χ0n) is 5.73. The summed E-state index contributed by atoms with van der Waals surface area (Å²) < 4.78 is 5.27. The van der Waals surface area contributed by atoms with Crippen LogP contribution in [0.4, 0.5) is 0 Å². The zero-order chi connectivity index (χ0) is 7.52. The van der Waals surface area contributed by atoms with E-state index in [-0.39, 0.29) is 6.10 Å². The van der Waals surface area contributed by atoms with Gasteiger partial charge in [0.25, 0.3) is 0 Å². The molecule has 2 nitrogen and oxygen atoms in total. The predicted octanol–water partition coefficient (Wildman–Crippen LogP) is 2.09. The Bertz CT molecular complexity index is 276. The van der Waals surface area contributed by atoms with Crippen LogP contribution in [-0.2, 0) is 4.74 Å². The van der Waals surface area contributed by atoms with Crippen LogP contribution in [0.3, 0.4) is 0 Å². The summed E-state index contributed by atoms with van der Waals surface area (Å²) in [5.74, 6) is 0. The van der Waals surface area contributed by atoms with Gasteiger partial charge in [0.15, 0.2) is 6.10 Å². The summed E-state index contributed by atoms with van der Waals surface area (Å²) in [5, 5.41) is 1.97. The Morgan fingerprint density at radius 3 is 3.27 bits per heavy atom. The van der Waals surface area contributed by atoms with Crippen molar-refractivity contribution >= 4 is 11.3 Å². The van der Waals surface area contributed by atoms with Gasteiger partial charge in [-0.2, -0.15) is 0 Å². The van der Waals surface area contributed by atoms with E-state index in [1.54, 1.807) is 29.2 Å². The molecular formula is C8H6NOS. The lowest BCUT2D eigenvalue weighted by molar-refractivity contribution is 0.182. The van der Waals surface area contributed by atoms with Crippen LogP contribution in [0.1, 0.15) is 11.8 Å². The molecule has 0 fully saturated rings. The van der Waals surface area contributed by atoms with Gasteiger partial charge in [-0.3, -0.25) is 0 Å². The highest BCUT2D eigenvalue weighted by Crippen LogP contribution is 2.20. The second-order valence-corrected chi connectivity index (χ2v) is 2.82. The van der Waals surface area contributed by atoms with Crippen LogP contribution in [0.5, 0.6) is 0 Å². The highest BCUT2D eigenvalue weighted by atomic mass is 32.1. The van der Waals surface area contributed by atoms with Crippen molar-refractivity contribution < 1.29 is 4.74 Å². The standard InChI is InChI=1S/C8H6NOS/c1-2-4-10-8(3-1)7-5-11-6-9-7/h2-6,8H. The Balaban J connectivity index is 2.19. The first-order valence-corrected chi connectivity index (χ1v) is 4.19. The van der Waals surface area contributed by atoms with Crippen LogP contribution in [0.25, 0.3) is 0 Å². The number of hydrogen-bond acceptors (Lipinski definition) is 3. The summed E-state index contributed by atoms with van der Waals surface area (Å²) in [4.78, 5) is 4.13. The van der Waals surface area contributed by atoms with E-state index in [2.05, 4.69) is 11.1 Å². The zero-order valence-corrected chi connectivity index (χ0v) is 6.54. The van der Waals surface area contributed by atoms with Crippen LogP contribution in [-0.4, -0.2) is 4.98 Å². The maximum absolute atomic E-state index is 5.27. The van der Waals surface area contributed by atoms with E-state index in [4.69, 9.17) is 4.74 Å². The second-order valence-electron chi connectivity index (χ2n) is 2.11. The van der Waals surface area contributed by atoms with Crippen LogP contribution in [0.2, 0.25) is 0 Å². The molecular weight excluding hydrogens is 158 g/mol. The van der Waals surface area contributed by atoms with Gasteiger partial charge in [0.1, 0.15) is 0 Å². The molecule has 55 valence electrons. The first-order valence-electron chi connectivity index (χ1n) is 3.25. The van der Waals surface area contributed by atoms with E-state index in [9.17, 15) is 0 Å². The Morgan fingerprint density at radius 2 is 2.64 bits per heavy atom. The monoisotopic (exact) mass is 164 g/mol. The average molecular weight is 164 g/mol. The van der Waals surface area contributed by atoms with Gasteiger partial charge in [0, 0.05) is 5.38 Å². The number of allylic oxidation sites excluding steroid dienone is 2. The first kappa shape index (κ1) is 6.61. The van der Waals surface area contributed by atoms with Crippen molar-refractivity contribution in [2.24, 2.45) is 0 Å². The molecule has 1 unspecified atom stereocenters. The fraction of sp³-hybridized carbons (Fsp3) is 0.125. The number of hydrogen-bond donors (Lipinski definition) is 0. The van der Waals surface area contributed by atoms with E-state index >= 15 is 0 Å². The number of ether oxygens (including phenoxy) is 1. The fourth-order valence-corrected chi connectivity index (χ4v) is 1.44. The minimum atomic E-state index is -0.0359. The largest absolute Gasteiger partial charge is 0.488 e. The molecule has 1 atom stereocenters. The summed E-state index contributed by atoms with van der Waals surface area (Å²) in [6.45, 7) is 0. The summed E-state index contributed by atoms with van der Waals surface area (Å²) in [7, 11) is 0. The average Bonchev–Trinajstić information content (AvgIpc) is 2.58. The summed E-state index contributed by atoms with van der Waals surface area (Å²) >= 11 is 1.57. The molecule has 0 aliphatic carbocycles. The Hall–Kier alpha value is -1.09. The first-order chi connectivity index (χ1) is 5.47. The number of rotatable bonds is 1. The minimum absolute atomic E-state index is 0.0359. The molecule has 0 N–H and O–H groups in total. The third kappa shape index (κ3) is 1.33. The molecule has 1 aliphatic rings. The summed E-state index contributed by atoms with van der Waals surface area (Å²) in [6.07, 6.45) is 8.15. The predicted molar refractivity (Wildman–Crippen MR) is 42.9 cm³/mol. The quantitative estimate of drug-likeness (QED) is 0.634. The molecule has 0 saturated heterocycles. The Labute approximate surface area is 68.8 Å². The Morgan fingerprint density at radius 1 is 1.64 bits per heavy atom. The highest BCUT2D eigenvalue weighted by molar-refractivity contribution is 7.07. The second kappa shape index (κ2) is 2.88. The van der Waals surface area contributed by atoms with Crippen molar-refractivity contribution in [2.45, 2.75) is 6.10 Å². The van der Waals surface area contributed by atoms with E-state index in [1.807, 2.05) is 11.5 Å². The lowest BCUT2D eigenvalue weighted by Gasteiger charge is -2.11. The van der Waals surface area contributed by atoms with Gasteiger partial charge in [-0.1, -0.05) is 0 Å². The van der Waals surface area contributed by atoms with E-state index in [1.165, 1.54) is 0 Å². The molecule has 0 saturated carbocycles. The molecule has 0 amide bonds. The van der Waals surface area contributed by atoms with Crippen molar-refractivity contribution in [3.05, 3.63) is 41.1 Å². The van der Waals surface area contributed by atoms with Crippen LogP contribution < -0.4 is 0 Å². The summed E-state index contributed by atoms with van der Waals surface area (Å²) in [5.41, 5.74) is 2.75. The molecule has 1 radical (unpaired) electrons. The van der Waals surface area contributed by atoms with Gasteiger partial charge in [0.05, 0.1) is 17.5 Å². The topological polar surface area (TPSA) is 22.1 Å². The van der Waals surface area contributed by atoms with Gasteiger partial charge in [-0.05, 0) is 18.2 Å². The molecule has 0 bridgehead atoms. The number of nitrogens with zero attached hydrogens (tertiary/aromatic N) is 1. The third-order valence-electron chi connectivity index (χ3n) is 1.38. The van der Waals surface area contributed by atoms with Crippen LogP contribution in [0, 0.1) is 6.08 Å². The lowest BCUT2D eigenvalue weighted by atomic mass is 10.2. The van der Waals surface area contributed by atoms with Gasteiger partial charge in [0.2, 0.25) is 0 Å². The number of aromatic nitrogens is 1. The molecule has 0 spiro atoms. The minimum Gasteiger partial charge on any atom is -0.488 e. The van der Waals surface area contributed by atoms with Crippen molar-refractivity contribution in [1.29, 1.82) is 0 Å². The SMILES string of the molecule is [C]1=CC(c2cscn2)OC=C1. The molecule has 3 heteroatoms. The molecule has 1 aromatic heterocycles. The maximum atomic E-state index is 5.27. The van der Waals surface area contributed by atoms with Crippen molar-refractivity contribution in [1.82, 2.24) is 4.98 Å². The van der Waals surface area contributed by atoms with E-state index in [0.29, 0.717) is 0 Å². The lowest BCUT2D eigenvalue weighted by Crippen LogP contribution is -1.99. The fourth-order valence-electron chi connectivity index (χ4n) is 0.863. The van der Waals surface area contributed by atoms with Crippen LogP contribution >= 0.6 is 11.3 Å². The number of thiazole rings is 1. The van der Waals surface area contributed by atoms with Crippen LogP contribution in [0.15, 0.2) is 29.3 Å². The van der Waals surface area contributed by atoms with Gasteiger partial charge >= 0.3 is 0 Å². The van der Waals surface area contributed by atoms with Gasteiger partial charge in [-0.25, -0.2) is 4.98 Å². The van der Waals surface area contributed by atoms with E-state index in [0.717, 1.165) is 5.69 Å². The molecule has 2 rings (SSSR count). The van der Waals surface area contributed by atoms with E-state index < -0.39 is 0 Å². The molecule has 11 heavy (non-hydrogen) atoms. The van der Waals surface area contributed by atoms with Crippen molar-refractivity contribution in [3.63, 3.8) is 0 Å². The molecule has 1 aromatic rings.